The van der Waals surface area contributed by atoms with Crippen molar-refractivity contribution in [1.82, 2.24) is 15.2 Å². The molecule has 0 fully saturated rings. The minimum Gasteiger partial charge on any atom is -0.494 e. The number of ether oxygens (including phenoxy) is 1. The third-order valence-electron chi connectivity index (χ3n) is 3.97. The number of aromatic nitrogens is 1. The van der Waals surface area contributed by atoms with Gasteiger partial charge in [0.05, 0.1) is 24.0 Å². The van der Waals surface area contributed by atoms with Crippen molar-refractivity contribution in [2.75, 3.05) is 13.7 Å². The molecule has 0 saturated heterocycles. The average molecular weight is 490 g/mol. The molecule has 2 atom stereocenters. The van der Waals surface area contributed by atoms with Gasteiger partial charge in [-0.25, -0.2) is 4.79 Å². The van der Waals surface area contributed by atoms with E-state index in [1.165, 1.54) is 5.32 Å². The third-order valence-corrected chi connectivity index (χ3v) is 4.27. The van der Waals surface area contributed by atoms with Crippen molar-refractivity contribution in [2.45, 2.75) is 50.4 Å². The molecule has 1 rings (SSSR count). The van der Waals surface area contributed by atoms with Gasteiger partial charge in [0.25, 0.3) is 0 Å². The Balaban J connectivity index is 3.25. The molecule has 1 aromatic heterocycles. The van der Waals surface area contributed by atoms with E-state index < -0.39 is 61.7 Å². The highest BCUT2D eigenvalue weighted by Gasteiger charge is 2.49. The first-order valence-electron chi connectivity index (χ1n) is 8.48. The second-order valence-corrected chi connectivity index (χ2v) is 6.58. The largest absolute Gasteiger partial charge is 0.494 e. The Bertz CT molecular complexity index is 753. The minimum absolute atomic E-state index is 0.0303. The lowest BCUT2D eigenvalue weighted by Gasteiger charge is -2.34. The maximum Gasteiger partial charge on any atom is 0.414 e. The van der Waals surface area contributed by atoms with Crippen molar-refractivity contribution in [3.8, 4) is 5.75 Å². The summed E-state index contributed by atoms with van der Waals surface area (Å²) in [6.45, 7) is 0.299. The molecule has 178 valence electrons. The second-order valence-electron chi connectivity index (χ2n) is 6.17. The Labute approximate surface area is 175 Å². The Hall–Kier alpha value is -2.12. The molecule has 1 aromatic rings. The first-order valence-corrected chi connectivity index (χ1v) is 8.85. The fourth-order valence-electron chi connectivity index (χ4n) is 2.54. The van der Waals surface area contributed by atoms with Gasteiger partial charge in [-0.2, -0.15) is 39.5 Å². The number of rotatable bonds is 7. The van der Waals surface area contributed by atoms with Crippen LogP contribution in [0.3, 0.4) is 0 Å². The molecule has 0 spiro atoms. The van der Waals surface area contributed by atoms with Crippen LogP contribution < -0.4 is 10.1 Å². The molecule has 2 unspecified atom stereocenters. The van der Waals surface area contributed by atoms with Crippen LogP contribution in [0.1, 0.15) is 31.5 Å². The number of alkyl halides is 9. The van der Waals surface area contributed by atoms with Gasteiger partial charge in [0.1, 0.15) is 6.04 Å². The van der Waals surface area contributed by atoms with Crippen LogP contribution in [-0.4, -0.2) is 54.1 Å². The van der Waals surface area contributed by atoms with Crippen LogP contribution in [0.2, 0.25) is 5.02 Å². The Kier molecular flexibility index (Phi) is 8.68. The van der Waals surface area contributed by atoms with E-state index in [0.29, 0.717) is 0 Å². The highest BCUT2D eigenvalue weighted by atomic mass is 35.5. The van der Waals surface area contributed by atoms with E-state index in [1.54, 1.807) is 0 Å². The number of urea groups is 1. The molecule has 0 aliphatic rings. The van der Waals surface area contributed by atoms with Crippen molar-refractivity contribution in [1.29, 1.82) is 0 Å². The lowest BCUT2D eigenvalue weighted by atomic mass is 10.1. The highest BCUT2D eigenvalue weighted by Crippen LogP contribution is 2.39. The summed E-state index contributed by atoms with van der Waals surface area (Å²) in [5.74, 6) is -0.0943. The summed E-state index contributed by atoms with van der Waals surface area (Å²) < 4.78 is 122. The van der Waals surface area contributed by atoms with Crippen LogP contribution in [-0.2, 0) is 0 Å². The van der Waals surface area contributed by atoms with Gasteiger partial charge >= 0.3 is 24.6 Å². The van der Waals surface area contributed by atoms with Crippen molar-refractivity contribution in [3.05, 3.63) is 23.0 Å². The monoisotopic (exact) mass is 489 g/mol. The van der Waals surface area contributed by atoms with Crippen LogP contribution >= 0.6 is 11.6 Å². The molecule has 1 N–H and O–H groups in total. The zero-order chi connectivity index (χ0) is 24.2. The number of halogens is 10. The van der Waals surface area contributed by atoms with E-state index in [0.717, 1.165) is 26.3 Å². The van der Waals surface area contributed by atoms with Gasteiger partial charge in [-0.3, -0.25) is 4.98 Å². The molecule has 0 aromatic carbocycles. The molecule has 0 aliphatic heterocycles. The summed E-state index contributed by atoms with van der Waals surface area (Å²) in [7, 11) is 1.16. The predicted octanol–water partition coefficient (Wildman–Crippen LogP) is 5.65. The number of methoxy groups -OCH3 is 1. The van der Waals surface area contributed by atoms with Gasteiger partial charge < -0.3 is 15.0 Å². The molecule has 0 aliphatic carbocycles. The lowest BCUT2D eigenvalue weighted by Crippen LogP contribution is -2.53. The van der Waals surface area contributed by atoms with Crippen molar-refractivity contribution in [2.24, 2.45) is 0 Å². The SMILES string of the molecule is CCN(C(=O)NC(CCC(F)(F)F)C(F)(F)F)C(c1cc(Cl)c(OC)cn1)C(F)(F)F. The van der Waals surface area contributed by atoms with Crippen molar-refractivity contribution < 1.29 is 49.0 Å². The number of amides is 2. The topological polar surface area (TPSA) is 54.5 Å². The number of hydrogen-bond donors (Lipinski definition) is 1. The average Bonchev–Trinajstić information content (AvgIpc) is 2.59. The standard InChI is InChI=1S/C16H17ClF9N3O2/c1-3-29(13(30)28-11(15(21,22)23)4-5-14(18,19)20)12(16(24,25)26)9-6-8(17)10(31-2)7-27-9/h6-7,11-12H,3-5H2,1-2H3,(H,28,30). The molecular formula is C16H17ClF9N3O2. The summed E-state index contributed by atoms with van der Waals surface area (Å²) in [5.41, 5.74) is -0.825. The normalized spacial score (nSPS) is 14.7. The van der Waals surface area contributed by atoms with Gasteiger partial charge in [-0.15, -0.1) is 0 Å². The Morgan fingerprint density at radius 3 is 2.13 bits per heavy atom. The minimum atomic E-state index is -5.32. The molecular weight excluding hydrogens is 473 g/mol. The Morgan fingerprint density at radius 1 is 1.16 bits per heavy atom. The lowest BCUT2D eigenvalue weighted by molar-refractivity contribution is -0.182. The molecule has 0 radical (unpaired) electrons. The molecule has 5 nitrogen and oxygen atoms in total. The number of carbonyl (C=O) groups is 1. The van der Waals surface area contributed by atoms with Crippen LogP contribution in [0.5, 0.6) is 5.75 Å². The molecule has 1 heterocycles. The van der Waals surface area contributed by atoms with E-state index in [4.69, 9.17) is 16.3 Å². The number of carbonyl (C=O) groups excluding carboxylic acids is 1. The summed E-state index contributed by atoms with van der Waals surface area (Å²) in [6, 6.07) is -6.99. The van der Waals surface area contributed by atoms with E-state index in [9.17, 15) is 44.3 Å². The van der Waals surface area contributed by atoms with Crippen molar-refractivity contribution in [3.63, 3.8) is 0 Å². The van der Waals surface area contributed by atoms with Crippen LogP contribution in [0.25, 0.3) is 0 Å². The van der Waals surface area contributed by atoms with Crippen LogP contribution in [0.4, 0.5) is 44.3 Å². The maximum atomic E-state index is 13.7. The zero-order valence-electron chi connectivity index (χ0n) is 15.9. The number of nitrogens with zero attached hydrogens (tertiary/aromatic N) is 2. The predicted molar refractivity (Wildman–Crippen MR) is 90.6 cm³/mol. The smallest absolute Gasteiger partial charge is 0.414 e. The molecule has 31 heavy (non-hydrogen) atoms. The Morgan fingerprint density at radius 2 is 1.74 bits per heavy atom. The van der Waals surface area contributed by atoms with E-state index >= 15 is 0 Å². The summed E-state index contributed by atoms with van der Waals surface area (Å²) in [6.07, 6.45) is -18.2. The first-order chi connectivity index (χ1) is 14.0. The van der Waals surface area contributed by atoms with Gasteiger partial charge in [0, 0.05) is 13.0 Å². The highest BCUT2D eigenvalue weighted by molar-refractivity contribution is 6.32. The number of pyridine rings is 1. The van der Waals surface area contributed by atoms with Gasteiger partial charge in [0.2, 0.25) is 0 Å². The van der Waals surface area contributed by atoms with Crippen LogP contribution in [0.15, 0.2) is 12.3 Å². The van der Waals surface area contributed by atoms with E-state index in [1.807, 2.05) is 0 Å². The number of hydrogen-bond acceptors (Lipinski definition) is 3. The van der Waals surface area contributed by atoms with Gasteiger partial charge in [0.15, 0.2) is 11.8 Å². The molecule has 0 saturated carbocycles. The molecule has 2 amide bonds. The summed E-state index contributed by atoms with van der Waals surface area (Å²) in [5, 5.41) is 0.908. The number of nitrogens with one attached hydrogen (secondary N) is 1. The summed E-state index contributed by atoms with van der Waals surface area (Å²) in [4.78, 5) is 15.7. The second kappa shape index (κ2) is 10.0. The fraction of sp³-hybridized carbons (Fsp3) is 0.625. The van der Waals surface area contributed by atoms with Gasteiger partial charge in [-0.1, -0.05) is 11.6 Å². The van der Waals surface area contributed by atoms with E-state index in [-0.39, 0.29) is 15.7 Å². The van der Waals surface area contributed by atoms with Gasteiger partial charge in [-0.05, 0) is 19.4 Å². The molecule has 15 heteroatoms. The van der Waals surface area contributed by atoms with Crippen LogP contribution in [0, 0.1) is 0 Å². The fourth-order valence-corrected chi connectivity index (χ4v) is 2.78. The molecule has 0 bridgehead atoms. The zero-order valence-corrected chi connectivity index (χ0v) is 16.7. The third kappa shape index (κ3) is 7.82. The van der Waals surface area contributed by atoms with Crippen molar-refractivity contribution >= 4 is 17.6 Å². The maximum absolute atomic E-state index is 13.7. The van der Waals surface area contributed by atoms with E-state index in [2.05, 4.69) is 4.98 Å². The quantitative estimate of drug-likeness (QED) is 0.504. The first kappa shape index (κ1) is 26.9. The summed E-state index contributed by atoms with van der Waals surface area (Å²) >= 11 is 5.77.